The summed E-state index contributed by atoms with van der Waals surface area (Å²) in [5, 5.41) is 0. The zero-order chi connectivity index (χ0) is 20.5. The number of para-hydroxylation sites is 1. The molecule has 0 spiro atoms. The Morgan fingerprint density at radius 2 is 1.79 bits per heavy atom. The van der Waals surface area contributed by atoms with E-state index < -0.39 is 27.2 Å². The lowest BCUT2D eigenvalue weighted by Gasteiger charge is -2.25. The van der Waals surface area contributed by atoms with Gasteiger partial charge in [-0.1, -0.05) is 29.8 Å². The Morgan fingerprint density at radius 1 is 1.14 bits per heavy atom. The van der Waals surface area contributed by atoms with Crippen molar-refractivity contribution in [2.45, 2.75) is 32.1 Å². The van der Waals surface area contributed by atoms with Gasteiger partial charge in [-0.15, -0.1) is 0 Å². The van der Waals surface area contributed by atoms with Gasteiger partial charge in [0.05, 0.1) is 17.2 Å². The number of nitrogens with zero attached hydrogens (tertiary/aromatic N) is 1. The van der Waals surface area contributed by atoms with E-state index >= 15 is 0 Å². The minimum Gasteiger partial charge on any atom is -0.465 e. The normalized spacial score (nSPS) is 19.7. The summed E-state index contributed by atoms with van der Waals surface area (Å²) < 4.78 is 33.0. The number of benzene rings is 2. The van der Waals surface area contributed by atoms with E-state index in [1.807, 2.05) is 6.92 Å². The average Bonchev–Trinajstić information content (AvgIpc) is 2.79. The van der Waals surface area contributed by atoms with Gasteiger partial charge in [-0.05, 0) is 51.5 Å². The number of sulfonamides is 1. The number of Topliss-reactive ketones (excluding diaryl/α,β-unsaturated/α-hetero) is 1. The summed E-state index contributed by atoms with van der Waals surface area (Å²) in [5.74, 6) is -1.06. The monoisotopic (exact) mass is 401 g/mol. The Bertz CT molecular complexity index is 1010. The fraction of sp³-hybridized carbons (Fsp3) is 0.333. The van der Waals surface area contributed by atoms with E-state index in [1.54, 1.807) is 55.5 Å². The molecule has 0 fully saturated rings. The van der Waals surface area contributed by atoms with E-state index in [9.17, 15) is 18.0 Å². The van der Waals surface area contributed by atoms with E-state index in [1.165, 1.54) is 11.2 Å². The molecule has 0 saturated carbocycles. The standard InChI is InChI=1S/C21H23NO5S/c1-4-27-20(24)21(3)13-14-22(18-8-6-5-7-17(18)19(21)23)28(25,26)16-11-9-15(2)10-12-16/h5-12H,4,13-14H2,1-3H3. The van der Waals surface area contributed by atoms with Crippen LogP contribution in [0.4, 0.5) is 5.69 Å². The first kappa shape index (κ1) is 20.1. The van der Waals surface area contributed by atoms with E-state index in [0.29, 0.717) is 0 Å². The number of rotatable bonds is 4. The van der Waals surface area contributed by atoms with Crippen LogP contribution in [0.2, 0.25) is 0 Å². The summed E-state index contributed by atoms with van der Waals surface area (Å²) in [6, 6.07) is 13.0. The maximum atomic E-state index is 13.3. The molecule has 2 aromatic carbocycles. The van der Waals surface area contributed by atoms with Crippen molar-refractivity contribution in [2.75, 3.05) is 17.5 Å². The first-order valence-electron chi connectivity index (χ1n) is 9.12. The van der Waals surface area contributed by atoms with Crippen molar-refractivity contribution in [2.24, 2.45) is 5.41 Å². The maximum Gasteiger partial charge on any atom is 0.319 e. The summed E-state index contributed by atoms with van der Waals surface area (Å²) >= 11 is 0. The van der Waals surface area contributed by atoms with Crippen LogP contribution in [0.5, 0.6) is 0 Å². The van der Waals surface area contributed by atoms with E-state index in [0.717, 1.165) is 5.56 Å². The smallest absolute Gasteiger partial charge is 0.319 e. The highest BCUT2D eigenvalue weighted by Gasteiger charge is 2.47. The first-order valence-corrected chi connectivity index (χ1v) is 10.6. The zero-order valence-corrected chi connectivity index (χ0v) is 17.0. The highest BCUT2D eigenvalue weighted by Crippen LogP contribution is 2.39. The van der Waals surface area contributed by atoms with Gasteiger partial charge < -0.3 is 4.74 Å². The van der Waals surface area contributed by atoms with Gasteiger partial charge in [0.25, 0.3) is 10.0 Å². The fourth-order valence-electron chi connectivity index (χ4n) is 3.31. The Kier molecular flexibility index (Phi) is 5.30. The van der Waals surface area contributed by atoms with Gasteiger partial charge in [0, 0.05) is 12.1 Å². The minimum absolute atomic E-state index is 0.00568. The van der Waals surface area contributed by atoms with Gasteiger partial charge in [0.15, 0.2) is 5.78 Å². The van der Waals surface area contributed by atoms with E-state index in [4.69, 9.17) is 4.74 Å². The molecule has 0 radical (unpaired) electrons. The van der Waals surface area contributed by atoms with Crippen molar-refractivity contribution in [1.29, 1.82) is 0 Å². The highest BCUT2D eigenvalue weighted by molar-refractivity contribution is 7.92. The molecule has 0 N–H and O–H groups in total. The molecule has 28 heavy (non-hydrogen) atoms. The Labute approximate surface area is 165 Å². The predicted molar refractivity (Wildman–Crippen MR) is 106 cm³/mol. The summed E-state index contributed by atoms with van der Waals surface area (Å²) in [7, 11) is -3.90. The molecule has 1 atom stereocenters. The van der Waals surface area contributed by atoms with Crippen molar-refractivity contribution in [3.63, 3.8) is 0 Å². The number of fused-ring (bicyclic) bond motifs is 1. The Balaban J connectivity index is 2.13. The van der Waals surface area contributed by atoms with Gasteiger partial charge in [0.1, 0.15) is 5.41 Å². The van der Waals surface area contributed by atoms with Crippen LogP contribution in [0.25, 0.3) is 0 Å². The molecule has 7 heteroatoms. The number of ketones is 1. The van der Waals surface area contributed by atoms with E-state index in [-0.39, 0.29) is 35.7 Å². The Morgan fingerprint density at radius 3 is 2.43 bits per heavy atom. The number of hydrogen-bond donors (Lipinski definition) is 0. The third-order valence-corrected chi connectivity index (χ3v) is 6.90. The third-order valence-electron chi connectivity index (χ3n) is 5.07. The number of carbonyl (C=O) groups is 2. The molecule has 6 nitrogen and oxygen atoms in total. The fourth-order valence-corrected chi connectivity index (χ4v) is 4.80. The number of hydrogen-bond acceptors (Lipinski definition) is 5. The highest BCUT2D eigenvalue weighted by atomic mass is 32.2. The molecule has 0 bridgehead atoms. The number of carbonyl (C=O) groups excluding carboxylic acids is 2. The number of anilines is 1. The molecular formula is C21H23NO5S. The van der Waals surface area contributed by atoms with Crippen LogP contribution < -0.4 is 4.31 Å². The van der Waals surface area contributed by atoms with Crippen LogP contribution >= 0.6 is 0 Å². The molecule has 1 aliphatic rings. The minimum atomic E-state index is -3.90. The lowest BCUT2D eigenvalue weighted by molar-refractivity contribution is -0.151. The van der Waals surface area contributed by atoms with Crippen molar-refractivity contribution < 1.29 is 22.7 Å². The average molecular weight is 401 g/mol. The SMILES string of the molecule is CCOC(=O)C1(C)CCN(S(=O)(=O)c2ccc(C)cc2)c2ccccc2C1=O. The van der Waals surface area contributed by atoms with Crippen LogP contribution in [0.15, 0.2) is 53.4 Å². The quantitative estimate of drug-likeness (QED) is 0.580. The summed E-state index contributed by atoms with van der Waals surface area (Å²) in [4.78, 5) is 25.9. The second-order valence-corrected chi connectivity index (χ2v) is 8.90. The molecule has 0 aromatic heterocycles. The van der Waals surface area contributed by atoms with Crippen molar-refractivity contribution in [1.82, 2.24) is 0 Å². The molecule has 0 saturated heterocycles. The van der Waals surface area contributed by atoms with Crippen molar-refractivity contribution in [3.8, 4) is 0 Å². The molecule has 0 amide bonds. The summed E-state index contributed by atoms with van der Waals surface area (Å²) in [6.07, 6.45) is 0.0322. The molecule has 0 aliphatic carbocycles. The van der Waals surface area contributed by atoms with E-state index in [2.05, 4.69) is 0 Å². The Hall–Kier alpha value is -2.67. The van der Waals surface area contributed by atoms with Crippen molar-refractivity contribution in [3.05, 3.63) is 59.7 Å². The van der Waals surface area contributed by atoms with Gasteiger partial charge in [0.2, 0.25) is 0 Å². The van der Waals surface area contributed by atoms with Crippen LogP contribution in [-0.2, 0) is 19.6 Å². The summed E-state index contributed by atoms with van der Waals surface area (Å²) in [6.45, 7) is 5.21. The predicted octanol–water partition coefficient (Wildman–Crippen LogP) is 3.35. The number of aryl methyl sites for hydroxylation is 1. The van der Waals surface area contributed by atoms with Crippen LogP contribution in [-0.4, -0.2) is 33.3 Å². The zero-order valence-electron chi connectivity index (χ0n) is 16.1. The summed E-state index contributed by atoms with van der Waals surface area (Å²) in [5.41, 5.74) is -0.0171. The molecule has 1 aliphatic heterocycles. The van der Waals surface area contributed by atoms with Crippen LogP contribution in [0.3, 0.4) is 0 Å². The lowest BCUT2D eigenvalue weighted by Crippen LogP contribution is -2.39. The molecule has 1 heterocycles. The van der Waals surface area contributed by atoms with Gasteiger partial charge in [-0.3, -0.25) is 13.9 Å². The number of ether oxygens (including phenoxy) is 1. The third kappa shape index (κ3) is 3.30. The first-order chi connectivity index (χ1) is 13.2. The topological polar surface area (TPSA) is 80.8 Å². The molecule has 3 rings (SSSR count). The maximum absolute atomic E-state index is 13.3. The van der Waals surface area contributed by atoms with Gasteiger partial charge >= 0.3 is 5.97 Å². The molecular weight excluding hydrogens is 378 g/mol. The van der Waals surface area contributed by atoms with Gasteiger partial charge in [-0.2, -0.15) is 0 Å². The molecule has 2 aromatic rings. The van der Waals surface area contributed by atoms with Crippen LogP contribution in [0, 0.1) is 12.3 Å². The lowest BCUT2D eigenvalue weighted by atomic mass is 9.80. The van der Waals surface area contributed by atoms with Gasteiger partial charge in [-0.25, -0.2) is 8.42 Å². The molecule has 148 valence electrons. The van der Waals surface area contributed by atoms with Crippen molar-refractivity contribution >= 4 is 27.5 Å². The number of esters is 1. The second-order valence-electron chi connectivity index (χ2n) is 7.04. The molecule has 1 unspecified atom stereocenters. The largest absolute Gasteiger partial charge is 0.465 e. The van der Waals surface area contributed by atoms with Crippen LogP contribution in [0.1, 0.15) is 36.2 Å². The second kappa shape index (κ2) is 7.39.